The van der Waals surface area contributed by atoms with E-state index in [0.717, 1.165) is 37.2 Å². The fraction of sp³-hybridized carbons (Fsp3) is 0.304. The minimum absolute atomic E-state index is 0.147. The molecule has 1 N–H and O–H groups in total. The van der Waals surface area contributed by atoms with Gasteiger partial charge in [-0.25, -0.2) is 4.68 Å². The van der Waals surface area contributed by atoms with E-state index in [0.29, 0.717) is 22.3 Å². The zero-order valence-electron chi connectivity index (χ0n) is 16.9. The van der Waals surface area contributed by atoms with Gasteiger partial charge in [-0.1, -0.05) is 54.4 Å². The highest BCUT2D eigenvalue weighted by Gasteiger charge is 2.24. The lowest BCUT2D eigenvalue weighted by molar-refractivity contribution is -0.117. The van der Waals surface area contributed by atoms with E-state index in [1.54, 1.807) is 18.2 Å². The average molecular weight is 443 g/mol. The van der Waals surface area contributed by atoms with Gasteiger partial charge in [0.2, 0.25) is 5.91 Å². The number of rotatable bonds is 7. The number of carbonyl (C=O) groups is 1. The number of aromatic nitrogens is 2. The van der Waals surface area contributed by atoms with Crippen molar-refractivity contribution in [2.45, 2.75) is 32.7 Å². The van der Waals surface area contributed by atoms with Gasteiger partial charge in [-0.3, -0.25) is 9.69 Å². The molecule has 156 valence electrons. The number of nitrogens with one attached hydrogen (secondary N) is 1. The third-order valence-corrected chi connectivity index (χ3v) is 6.06. The second-order valence-electron chi connectivity index (χ2n) is 7.42. The predicted molar refractivity (Wildman–Crippen MR) is 122 cm³/mol. The van der Waals surface area contributed by atoms with Crippen molar-refractivity contribution in [2.75, 3.05) is 18.4 Å². The molecule has 1 heterocycles. The summed E-state index contributed by atoms with van der Waals surface area (Å²) < 4.78 is 2.06. The number of nitrogens with zero attached hydrogens (tertiary/aromatic N) is 3. The molecule has 4 rings (SSSR count). The summed E-state index contributed by atoms with van der Waals surface area (Å²) in [6.07, 6.45) is 3.22. The van der Waals surface area contributed by atoms with Crippen molar-refractivity contribution >= 4 is 34.8 Å². The summed E-state index contributed by atoms with van der Waals surface area (Å²) in [7, 11) is 0. The molecule has 0 unspecified atom stereocenters. The second-order valence-corrected chi connectivity index (χ2v) is 8.24. The first-order valence-electron chi connectivity index (χ1n) is 10.2. The molecule has 0 radical (unpaired) electrons. The Morgan fingerprint density at radius 2 is 1.83 bits per heavy atom. The van der Waals surface area contributed by atoms with Gasteiger partial charge in [0.25, 0.3) is 0 Å². The maximum Gasteiger partial charge on any atom is 0.238 e. The Labute approximate surface area is 186 Å². The molecule has 5 nitrogen and oxygen atoms in total. The highest BCUT2D eigenvalue weighted by atomic mass is 35.5. The van der Waals surface area contributed by atoms with E-state index in [2.05, 4.69) is 27.0 Å². The Bertz CT molecular complexity index is 1030. The Balaban J connectivity index is 1.50. The van der Waals surface area contributed by atoms with E-state index in [-0.39, 0.29) is 12.5 Å². The Hall–Kier alpha value is -2.34. The molecule has 3 aromatic rings. The van der Waals surface area contributed by atoms with Crippen molar-refractivity contribution in [3.8, 4) is 5.69 Å². The van der Waals surface area contributed by atoms with Crippen molar-refractivity contribution in [1.29, 1.82) is 0 Å². The molecule has 2 aromatic carbocycles. The lowest BCUT2D eigenvalue weighted by atomic mass is 10.2. The van der Waals surface area contributed by atoms with Crippen LogP contribution >= 0.6 is 23.2 Å². The van der Waals surface area contributed by atoms with Gasteiger partial charge in [0.1, 0.15) is 0 Å². The molecule has 1 aromatic heterocycles. The summed E-state index contributed by atoms with van der Waals surface area (Å²) >= 11 is 12.3. The van der Waals surface area contributed by atoms with Crippen molar-refractivity contribution in [3.05, 3.63) is 75.5 Å². The number of benzene rings is 2. The molecule has 7 heteroatoms. The summed E-state index contributed by atoms with van der Waals surface area (Å²) in [6.45, 7) is 3.65. The number of para-hydroxylation sites is 2. The fourth-order valence-electron chi connectivity index (χ4n) is 3.91. The fourth-order valence-corrected chi connectivity index (χ4v) is 4.41. The van der Waals surface area contributed by atoms with Crippen LogP contribution in [0.1, 0.15) is 30.3 Å². The second kappa shape index (κ2) is 9.21. The van der Waals surface area contributed by atoms with Gasteiger partial charge in [-0.2, -0.15) is 5.10 Å². The van der Waals surface area contributed by atoms with E-state index in [9.17, 15) is 4.79 Å². The first-order chi connectivity index (χ1) is 14.6. The first-order valence-corrected chi connectivity index (χ1v) is 10.9. The van der Waals surface area contributed by atoms with Crippen LogP contribution in [-0.4, -0.2) is 33.7 Å². The van der Waals surface area contributed by atoms with Crippen LogP contribution in [0.5, 0.6) is 0 Å². The van der Waals surface area contributed by atoms with E-state index in [1.165, 1.54) is 11.3 Å². The van der Waals surface area contributed by atoms with Gasteiger partial charge in [-0.05, 0) is 55.6 Å². The lowest BCUT2D eigenvalue weighted by Gasteiger charge is -2.20. The molecular weight excluding hydrogens is 419 g/mol. The minimum atomic E-state index is -0.147. The molecule has 0 aliphatic heterocycles. The van der Waals surface area contributed by atoms with Gasteiger partial charge >= 0.3 is 0 Å². The zero-order valence-corrected chi connectivity index (χ0v) is 18.4. The summed E-state index contributed by atoms with van der Waals surface area (Å²) in [5.74, 6) is -0.147. The van der Waals surface area contributed by atoms with Crippen LogP contribution in [-0.2, 0) is 24.2 Å². The van der Waals surface area contributed by atoms with E-state index in [4.69, 9.17) is 28.3 Å². The number of hydrogen-bond acceptors (Lipinski definition) is 3. The summed E-state index contributed by atoms with van der Waals surface area (Å²) in [4.78, 5) is 14.7. The van der Waals surface area contributed by atoms with Gasteiger partial charge in [0.05, 0.1) is 33.7 Å². The van der Waals surface area contributed by atoms with Crippen molar-refractivity contribution in [3.63, 3.8) is 0 Å². The quantitative estimate of drug-likeness (QED) is 0.551. The number of fused-ring (bicyclic) bond motifs is 1. The number of carbonyl (C=O) groups excluding carboxylic acids is 1. The first kappa shape index (κ1) is 20.9. The SMILES string of the molecule is CCN(CC(=O)Nc1c(Cl)cccc1Cl)Cc1nn(-c2ccccc2)c2c1CCC2. The third kappa shape index (κ3) is 4.38. The Kier molecular flexibility index (Phi) is 6.42. The topological polar surface area (TPSA) is 50.2 Å². The zero-order chi connectivity index (χ0) is 21.1. The third-order valence-electron chi connectivity index (χ3n) is 5.43. The average Bonchev–Trinajstić information content (AvgIpc) is 3.35. The van der Waals surface area contributed by atoms with E-state index >= 15 is 0 Å². The monoisotopic (exact) mass is 442 g/mol. The molecule has 0 saturated heterocycles. The van der Waals surface area contributed by atoms with Crippen LogP contribution in [0, 0.1) is 0 Å². The maximum absolute atomic E-state index is 12.6. The van der Waals surface area contributed by atoms with Gasteiger partial charge < -0.3 is 5.32 Å². The van der Waals surface area contributed by atoms with Crippen molar-refractivity contribution in [2.24, 2.45) is 0 Å². The number of hydrogen-bond donors (Lipinski definition) is 1. The van der Waals surface area contributed by atoms with Crippen LogP contribution in [0.4, 0.5) is 5.69 Å². The molecular formula is C23H24Cl2N4O. The molecule has 0 bridgehead atoms. The molecule has 1 aliphatic rings. The predicted octanol–water partition coefficient (Wildman–Crippen LogP) is 5.13. The number of likely N-dealkylation sites (N-methyl/N-ethyl adjacent to an activating group) is 1. The van der Waals surface area contributed by atoms with Crippen LogP contribution in [0.15, 0.2) is 48.5 Å². The lowest BCUT2D eigenvalue weighted by Crippen LogP contribution is -2.33. The standard InChI is InChI=1S/C23H24Cl2N4O/c1-2-28(15-22(30)26-23-18(24)11-7-12-19(23)25)14-20-17-10-6-13-21(17)29(27-20)16-8-4-3-5-9-16/h3-5,7-9,11-12H,2,6,10,13-15H2,1H3,(H,26,30). The van der Waals surface area contributed by atoms with Gasteiger partial charge in [0.15, 0.2) is 0 Å². The van der Waals surface area contributed by atoms with Crippen LogP contribution in [0.25, 0.3) is 5.69 Å². The van der Waals surface area contributed by atoms with Crippen LogP contribution < -0.4 is 5.32 Å². The van der Waals surface area contributed by atoms with E-state index in [1.807, 2.05) is 25.1 Å². The van der Waals surface area contributed by atoms with Crippen molar-refractivity contribution in [1.82, 2.24) is 14.7 Å². The molecule has 0 atom stereocenters. The Morgan fingerprint density at radius 1 is 1.10 bits per heavy atom. The summed E-state index contributed by atoms with van der Waals surface area (Å²) in [6, 6.07) is 15.4. The highest BCUT2D eigenvalue weighted by molar-refractivity contribution is 6.39. The number of amides is 1. The smallest absolute Gasteiger partial charge is 0.238 e. The summed E-state index contributed by atoms with van der Waals surface area (Å²) in [5, 5.41) is 8.61. The molecule has 30 heavy (non-hydrogen) atoms. The molecule has 0 spiro atoms. The van der Waals surface area contributed by atoms with Gasteiger partial charge in [0, 0.05) is 12.2 Å². The maximum atomic E-state index is 12.6. The van der Waals surface area contributed by atoms with Gasteiger partial charge in [-0.15, -0.1) is 0 Å². The van der Waals surface area contributed by atoms with E-state index < -0.39 is 0 Å². The molecule has 1 amide bonds. The van der Waals surface area contributed by atoms with Crippen LogP contribution in [0.2, 0.25) is 10.0 Å². The molecule has 0 saturated carbocycles. The normalized spacial score (nSPS) is 12.9. The molecule has 1 aliphatic carbocycles. The molecule has 0 fully saturated rings. The van der Waals surface area contributed by atoms with Crippen molar-refractivity contribution < 1.29 is 4.79 Å². The van der Waals surface area contributed by atoms with Crippen LogP contribution in [0.3, 0.4) is 0 Å². The number of anilines is 1. The summed E-state index contributed by atoms with van der Waals surface area (Å²) in [5.41, 5.74) is 5.20. The highest BCUT2D eigenvalue weighted by Crippen LogP contribution is 2.30. The Morgan fingerprint density at radius 3 is 2.53 bits per heavy atom. The largest absolute Gasteiger partial charge is 0.322 e. The number of halogens is 2. The minimum Gasteiger partial charge on any atom is -0.322 e.